The number of carbonyl (C=O) groups is 1. The fourth-order valence-electron chi connectivity index (χ4n) is 3.58. The van der Waals surface area contributed by atoms with Crippen LogP contribution in [0.1, 0.15) is 54.4 Å². The molecule has 5 rings (SSSR count). The summed E-state index contributed by atoms with van der Waals surface area (Å²) in [5.74, 6) is 2.35. The minimum atomic E-state index is -0.184. The average molecular weight is 339 g/mol. The first kappa shape index (κ1) is 15.0. The van der Waals surface area contributed by atoms with Gasteiger partial charge >= 0.3 is 0 Å². The van der Waals surface area contributed by atoms with Crippen LogP contribution in [0.5, 0.6) is 0 Å². The molecule has 1 aromatic heterocycles. The molecule has 1 amide bonds. The van der Waals surface area contributed by atoms with Gasteiger partial charge in [-0.25, -0.2) is 10.9 Å². The van der Waals surface area contributed by atoms with Gasteiger partial charge in [0.15, 0.2) is 5.82 Å². The molecule has 2 aromatic rings. The zero-order chi connectivity index (χ0) is 16.8. The highest BCUT2D eigenvalue weighted by Crippen LogP contribution is 2.39. The van der Waals surface area contributed by atoms with Gasteiger partial charge in [-0.05, 0) is 24.8 Å². The number of nitrogens with zero attached hydrogens (tertiary/aromatic N) is 3. The van der Waals surface area contributed by atoms with Crippen molar-refractivity contribution < 1.29 is 9.32 Å². The Morgan fingerprint density at radius 1 is 1.12 bits per heavy atom. The number of amides is 1. The van der Waals surface area contributed by atoms with Gasteiger partial charge in [-0.3, -0.25) is 4.79 Å². The molecule has 7 heteroatoms. The number of hydrazine groups is 1. The topological polar surface area (TPSA) is 83.3 Å². The van der Waals surface area contributed by atoms with Gasteiger partial charge in [0.25, 0.3) is 0 Å². The molecule has 3 fully saturated rings. The van der Waals surface area contributed by atoms with E-state index in [9.17, 15) is 4.79 Å². The maximum Gasteiger partial charge on any atom is 0.241 e. The van der Waals surface area contributed by atoms with Crippen LogP contribution in [0.4, 0.5) is 0 Å². The Bertz CT molecular complexity index is 767. The molecule has 1 aliphatic carbocycles. The van der Waals surface area contributed by atoms with Crippen LogP contribution < -0.4 is 10.9 Å². The third kappa shape index (κ3) is 2.83. The molecule has 2 unspecified atom stereocenters. The summed E-state index contributed by atoms with van der Waals surface area (Å²) in [5, 5.41) is 4.06. The van der Waals surface area contributed by atoms with Gasteiger partial charge in [0.05, 0.1) is 5.92 Å². The van der Waals surface area contributed by atoms with Crippen LogP contribution in [0.25, 0.3) is 0 Å². The third-order valence-electron chi connectivity index (χ3n) is 5.35. The van der Waals surface area contributed by atoms with Gasteiger partial charge in [0.2, 0.25) is 11.8 Å². The maximum atomic E-state index is 12.7. The Labute approximate surface area is 145 Å². The van der Waals surface area contributed by atoms with Crippen molar-refractivity contribution in [1.82, 2.24) is 25.9 Å². The van der Waals surface area contributed by atoms with E-state index in [-0.39, 0.29) is 23.9 Å². The van der Waals surface area contributed by atoms with Gasteiger partial charge < -0.3 is 9.42 Å². The summed E-state index contributed by atoms with van der Waals surface area (Å²) in [6.07, 6.45) is 3.09. The van der Waals surface area contributed by atoms with Gasteiger partial charge in [-0.15, -0.1) is 0 Å². The van der Waals surface area contributed by atoms with Crippen molar-refractivity contribution in [3.05, 3.63) is 47.6 Å². The summed E-state index contributed by atoms with van der Waals surface area (Å²) in [6, 6.07) is 10.2. The summed E-state index contributed by atoms with van der Waals surface area (Å²) in [7, 11) is 0. The number of benzene rings is 1. The summed E-state index contributed by atoms with van der Waals surface area (Å²) in [4.78, 5) is 19.0. The van der Waals surface area contributed by atoms with Crippen molar-refractivity contribution in [1.29, 1.82) is 0 Å². The second kappa shape index (κ2) is 5.93. The SMILES string of the molecule is O=C(C1CC(c2ccccc2)NN1)N1CC(c2nc(C3CC3)no2)C1. The van der Waals surface area contributed by atoms with E-state index in [0.29, 0.717) is 24.9 Å². The molecule has 2 saturated heterocycles. The third-order valence-corrected chi connectivity index (χ3v) is 5.35. The molecule has 0 spiro atoms. The molecule has 1 aromatic carbocycles. The van der Waals surface area contributed by atoms with E-state index in [1.165, 1.54) is 5.56 Å². The molecule has 0 bridgehead atoms. The number of likely N-dealkylation sites (tertiary alicyclic amines) is 1. The predicted molar refractivity (Wildman–Crippen MR) is 89.5 cm³/mol. The molecule has 2 aliphatic heterocycles. The van der Waals surface area contributed by atoms with Gasteiger partial charge in [-0.1, -0.05) is 35.5 Å². The number of rotatable bonds is 4. The van der Waals surface area contributed by atoms with Gasteiger partial charge in [-0.2, -0.15) is 4.98 Å². The maximum absolute atomic E-state index is 12.7. The Kier molecular flexibility index (Phi) is 3.57. The Balaban J connectivity index is 1.16. The Morgan fingerprint density at radius 3 is 2.68 bits per heavy atom. The minimum Gasteiger partial charge on any atom is -0.340 e. The van der Waals surface area contributed by atoms with Crippen LogP contribution in [0, 0.1) is 0 Å². The lowest BCUT2D eigenvalue weighted by Gasteiger charge is -2.38. The van der Waals surface area contributed by atoms with Crippen molar-refractivity contribution in [3.8, 4) is 0 Å². The number of aromatic nitrogens is 2. The van der Waals surface area contributed by atoms with Crippen LogP contribution in [0.2, 0.25) is 0 Å². The summed E-state index contributed by atoms with van der Waals surface area (Å²) in [6.45, 7) is 1.33. The van der Waals surface area contributed by atoms with Crippen molar-refractivity contribution in [2.45, 2.75) is 43.2 Å². The zero-order valence-electron chi connectivity index (χ0n) is 13.9. The van der Waals surface area contributed by atoms with Gasteiger partial charge in [0.1, 0.15) is 6.04 Å². The highest BCUT2D eigenvalue weighted by atomic mass is 16.5. The van der Waals surface area contributed by atoms with Crippen molar-refractivity contribution in [2.24, 2.45) is 0 Å². The first-order valence-corrected chi connectivity index (χ1v) is 8.96. The quantitative estimate of drug-likeness (QED) is 0.878. The van der Waals surface area contributed by atoms with Crippen LogP contribution >= 0.6 is 0 Å². The van der Waals surface area contributed by atoms with E-state index in [1.54, 1.807) is 0 Å². The average Bonchev–Trinajstić information content (AvgIpc) is 3.14. The lowest BCUT2D eigenvalue weighted by Crippen LogP contribution is -2.54. The van der Waals surface area contributed by atoms with Crippen LogP contribution in [-0.4, -0.2) is 40.1 Å². The fourth-order valence-corrected chi connectivity index (χ4v) is 3.58. The van der Waals surface area contributed by atoms with Gasteiger partial charge in [0, 0.05) is 25.0 Å². The molecular weight excluding hydrogens is 318 g/mol. The number of nitrogens with one attached hydrogen (secondary N) is 2. The van der Waals surface area contributed by atoms with Crippen molar-refractivity contribution in [2.75, 3.05) is 13.1 Å². The normalized spacial score (nSPS) is 26.6. The Morgan fingerprint density at radius 2 is 1.92 bits per heavy atom. The summed E-state index contributed by atoms with van der Waals surface area (Å²) >= 11 is 0. The first-order valence-electron chi connectivity index (χ1n) is 8.96. The smallest absolute Gasteiger partial charge is 0.241 e. The van der Waals surface area contributed by atoms with E-state index in [2.05, 4.69) is 33.1 Å². The molecule has 2 N–H and O–H groups in total. The molecular formula is C18H21N5O2. The molecule has 1 saturated carbocycles. The van der Waals surface area contributed by atoms with E-state index in [1.807, 2.05) is 23.1 Å². The highest BCUT2D eigenvalue weighted by Gasteiger charge is 2.41. The van der Waals surface area contributed by atoms with E-state index in [4.69, 9.17) is 4.52 Å². The van der Waals surface area contributed by atoms with Crippen LogP contribution in [0.3, 0.4) is 0 Å². The molecule has 3 heterocycles. The molecule has 130 valence electrons. The lowest BCUT2D eigenvalue weighted by molar-refractivity contribution is -0.138. The fraction of sp³-hybridized carbons (Fsp3) is 0.500. The van der Waals surface area contributed by atoms with Crippen molar-refractivity contribution in [3.63, 3.8) is 0 Å². The lowest BCUT2D eigenvalue weighted by atomic mass is 9.96. The van der Waals surface area contributed by atoms with Crippen molar-refractivity contribution >= 4 is 5.91 Å². The Hall–Kier alpha value is -2.25. The largest absolute Gasteiger partial charge is 0.340 e. The zero-order valence-corrected chi connectivity index (χ0v) is 13.9. The summed E-state index contributed by atoms with van der Waals surface area (Å²) < 4.78 is 5.37. The predicted octanol–water partition coefficient (Wildman–Crippen LogP) is 1.48. The second-order valence-corrected chi connectivity index (χ2v) is 7.25. The van der Waals surface area contributed by atoms with E-state index < -0.39 is 0 Å². The monoisotopic (exact) mass is 339 g/mol. The van der Waals surface area contributed by atoms with Crippen LogP contribution in [-0.2, 0) is 4.79 Å². The second-order valence-electron chi connectivity index (χ2n) is 7.25. The highest BCUT2D eigenvalue weighted by molar-refractivity contribution is 5.83. The van der Waals surface area contributed by atoms with E-state index in [0.717, 1.165) is 25.1 Å². The van der Waals surface area contributed by atoms with Crippen LogP contribution in [0.15, 0.2) is 34.9 Å². The molecule has 3 aliphatic rings. The number of carbonyl (C=O) groups excluding carboxylic acids is 1. The summed E-state index contributed by atoms with van der Waals surface area (Å²) in [5.41, 5.74) is 7.58. The first-order chi connectivity index (χ1) is 12.3. The number of hydrogen-bond donors (Lipinski definition) is 2. The molecule has 0 radical (unpaired) electrons. The number of hydrogen-bond acceptors (Lipinski definition) is 6. The molecule has 2 atom stereocenters. The molecule has 25 heavy (non-hydrogen) atoms. The minimum absolute atomic E-state index is 0.143. The standard InChI is InChI=1S/C18H21N5O2/c24-18(15-8-14(20-21-15)11-4-2-1-3-5-11)23-9-13(10-23)17-19-16(22-25-17)12-6-7-12/h1-5,12-15,20-21H,6-10H2. The van der Waals surface area contributed by atoms with E-state index >= 15 is 0 Å². The molecule has 7 nitrogen and oxygen atoms in total.